The van der Waals surface area contributed by atoms with Crippen molar-refractivity contribution < 1.29 is 9.47 Å². The minimum atomic E-state index is -0.275. The van der Waals surface area contributed by atoms with Crippen LogP contribution in [-0.2, 0) is 4.74 Å². The summed E-state index contributed by atoms with van der Waals surface area (Å²) in [6.07, 6.45) is 0.901. The molecule has 7 nitrogen and oxygen atoms in total. The third-order valence-corrected chi connectivity index (χ3v) is 2.23. The smallest absolute Gasteiger partial charge is 0.323 e. The van der Waals surface area contributed by atoms with E-state index in [-0.39, 0.29) is 5.54 Å². The van der Waals surface area contributed by atoms with Gasteiger partial charge in [0.2, 0.25) is 11.9 Å². The van der Waals surface area contributed by atoms with Gasteiger partial charge in [0.05, 0.1) is 18.8 Å². The highest BCUT2D eigenvalue weighted by atomic mass is 16.5. The van der Waals surface area contributed by atoms with Crippen molar-refractivity contribution in [1.82, 2.24) is 15.0 Å². The Kier molecular flexibility index (Phi) is 5.75. The van der Waals surface area contributed by atoms with Crippen LogP contribution in [0.5, 0.6) is 6.01 Å². The van der Waals surface area contributed by atoms with Crippen molar-refractivity contribution in [2.45, 2.75) is 32.7 Å². The molecule has 0 amide bonds. The highest BCUT2D eigenvalue weighted by molar-refractivity contribution is 5.37. The molecular formula is C12H23N5O2. The lowest BCUT2D eigenvalue weighted by atomic mass is 10.1. The molecule has 0 bridgehead atoms. The predicted octanol–water partition coefficient (Wildman–Crippen LogP) is 1.54. The second-order valence-corrected chi connectivity index (χ2v) is 4.81. The van der Waals surface area contributed by atoms with Gasteiger partial charge in [0.25, 0.3) is 0 Å². The minimum Gasteiger partial charge on any atom is -0.463 e. The van der Waals surface area contributed by atoms with Gasteiger partial charge in [0.15, 0.2) is 0 Å². The largest absolute Gasteiger partial charge is 0.463 e. The van der Waals surface area contributed by atoms with Crippen molar-refractivity contribution in [3.05, 3.63) is 0 Å². The number of hydrogen-bond donors (Lipinski definition) is 2. The average Bonchev–Trinajstić information content (AvgIpc) is 2.35. The molecular weight excluding hydrogens is 246 g/mol. The monoisotopic (exact) mass is 269 g/mol. The molecule has 1 heterocycles. The molecule has 108 valence electrons. The lowest BCUT2D eigenvalue weighted by Crippen LogP contribution is -2.36. The van der Waals surface area contributed by atoms with Crippen LogP contribution in [0.3, 0.4) is 0 Å². The van der Waals surface area contributed by atoms with Crippen LogP contribution in [0.2, 0.25) is 0 Å². The summed E-state index contributed by atoms with van der Waals surface area (Å²) >= 11 is 0. The quantitative estimate of drug-likeness (QED) is 0.740. The molecule has 1 aromatic heterocycles. The molecule has 1 aromatic rings. The van der Waals surface area contributed by atoms with Crippen molar-refractivity contribution in [2.75, 3.05) is 38.0 Å². The van der Waals surface area contributed by atoms with E-state index in [0.29, 0.717) is 31.1 Å². The van der Waals surface area contributed by atoms with Gasteiger partial charge in [-0.1, -0.05) is 6.92 Å². The number of anilines is 2. The normalized spacial score (nSPS) is 11.2. The molecule has 0 aliphatic rings. The fraction of sp³-hybridized carbons (Fsp3) is 0.750. The zero-order valence-electron chi connectivity index (χ0n) is 12.3. The summed E-state index contributed by atoms with van der Waals surface area (Å²) in [5, 5.41) is 6.09. The van der Waals surface area contributed by atoms with Crippen LogP contribution in [0.15, 0.2) is 0 Å². The summed E-state index contributed by atoms with van der Waals surface area (Å²) in [6, 6.07) is 0.317. The fourth-order valence-electron chi connectivity index (χ4n) is 1.48. The second kappa shape index (κ2) is 7.08. The molecule has 0 aliphatic heterocycles. The number of rotatable bonds is 8. The van der Waals surface area contributed by atoms with E-state index in [4.69, 9.17) is 9.47 Å². The van der Waals surface area contributed by atoms with E-state index in [9.17, 15) is 0 Å². The van der Waals surface area contributed by atoms with E-state index in [1.807, 2.05) is 20.8 Å². The lowest BCUT2D eigenvalue weighted by Gasteiger charge is -2.25. The molecule has 0 atom stereocenters. The minimum absolute atomic E-state index is 0.275. The summed E-state index contributed by atoms with van der Waals surface area (Å²) in [7, 11) is 3.41. The molecule has 7 heteroatoms. The molecule has 0 fully saturated rings. The summed E-state index contributed by atoms with van der Waals surface area (Å²) in [6.45, 7) is 7.16. The molecule has 0 aromatic carbocycles. The number of ether oxygens (including phenoxy) is 2. The van der Waals surface area contributed by atoms with Crippen molar-refractivity contribution in [2.24, 2.45) is 0 Å². The zero-order chi connectivity index (χ0) is 14.3. The lowest BCUT2D eigenvalue weighted by molar-refractivity contribution is 0.157. The van der Waals surface area contributed by atoms with Crippen molar-refractivity contribution >= 4 is 11.9 Å². The molecule has 0 spiro atoms. The topological polar surface area (TPSA) is 81.2 Å². The van der Waals surface area contributed by atoms with Crippen LogP contribution < -0.4 is 15.4 Å². The van der Waals surface area contributed by atoms with E-state index in [0.717, 1.165) is 6.42 Å². The fourth-order valence-corrected chi connectivity index (χ4v) is 1.48. The van der Waals surface area contributed by atoms with E-state index in [2.05, 4.69) is 25.6 Å². The van der Waals surface area contributed by atoms with Gasteiger partial charge >= 0.3 is 6.01 Å². The summed E-state index contributed by atoms with van der Waals surface area (Å²) < 4.78 is 10.6. The predicted molar refractivity (Wildman–Crippen MR) is 74.7 cm³/mol. The standard InChI is InChI=1S/C12H23N5O2/c1-6-7-19-11-15-9(13-4)14-10(16-11)17-12(2,3)8-18-5/h6-8H2,1-5H3,(H2,13,14,15,16,17). The third kappa shape index (κ3) is 5.25. The Morgan fingerprint density at radius 2 is 1.84 bits per heavy atom. The Hall–Kier alpha value is -1.63. The van der Waals surface area contributed by atoms with Gasteiger partial charge in [-0.15, -0.1) is 0 Å². The maximum absolute atomic E-state index is 5.44. The Balaban J connectivity index is 2.87. The number of hydrogen-bond acceptors (Lipinski definition) is 7. The van der Waals surface area contributed by atoms with Gasteiger partial charge in [0.1, 0.15) is 0 Å². The van der Waals surface area contributed by atoms with Crippen LogP contribution in [0.4, 0.5) is 11.9 Å². The first-order chi connectivity index (χ1) is 9.00. The van der Waals surface area contributed by atoms with Gasteiger partial charge in [-0.3, -0.25) is 0 Å². The molecule has 2 N–H and O–H groups in total. The Morgan fingerprint density at radius 3 is 2.42 bits per heavy atom. The molecule has 1 rings (SSSR count). The third-order valence-electron chi connectivity index (χ3n) is 2.23. The van der Waals surface area contributed by atoms with Gasteiger partial charge < -0.3 is 20.1 Å². The Bertz CT molecular complexity index is 398. The van der Waals surface area contributed by atoms with Crippen LogP contribution in [0.25, 0.3) is 0 Å². The van der Waals surface area contributed by atoms with Crippen LogP contribution in [0.1, 0.15) is 27.2 Å². The molecule has 0 aliphatic carbocycles. The summed E-state index contributed by atoms with van der Waals surface area (Å²) in [5.74, 6) is 0.935. The number of methoxy groups -OCH3 is 1. The first-order valence-electron chi connectivity index (χ1n) is 6.34. The number of nitrogens with one attached hydrogen (secondary N) is 2. The van der Waals surface area contributed by atoms with E-state index in [1.54, 1.807) is 14.2 Å². The van der Waals surface area contributed by atoms with Crippen molar-refractivity contribution in [1.29, 1.82) is 0 Å². The molecule has 0 saturated carbocycles. The summed E-state index contributed by atoms with van der Waals surface area (Å²) in [4.78, 5) is 12.6. The van der Waals surface area contributed by atoms with Gasteiger partial charge in [-0.05, 0) is 20.3 Å². The van der Waals surface area contributed by atoms with Gasteiger partial charge in [0, 0.05) is 14.2 Å². The van der Waals surface area contributed by atoms with Crippen LogP contribution in [-0.4, -0.2) is 47.9 Å². The SMILES string of the molecule is CCCOc1nc(NC)nc(NC(C)(C)COC)n1. The van der Waals surface area contributed by atoms with Crippen molar-refractivity contribution in [3.63, 3.8) is 0 Å². The van der Waals surface area contributed by atoms with Crippen LogP contribution >= 0.6 is 0 Å². The van der Waals surface area contributed by atoms with Crippen molar-refractivity contribution in [3.8, 4) is 6.01 Å². The van der Waals surface area contributed by atoms with Gasteiger partial charge in [-0.2, -0.15) is 15.0 Å². The average molecular weight is 269 g/mol. The highest BCUT2D eigenvalue weighted by Gasteiger charge is 2.19. The molecule has 0 radical (unpaired) electrons. The first-order valence-corrected chi connectivity index (χ1v) is 6.34. The first kappa shape index (κ1) is 15.4. The maximum atomic E-state index is 5.44. The summed E-state index contributed by atoms with van der Waals surface area (Å²) in [5.41, 5.74) is -0.275. The molecule has 0 saturated heterocycles. The number of aromatic nitrogens is 3. The Morgan fingerprint density at radius 1 is 1.16 bits per heavy atom. The van der Waals surface area contributed by atoms with Gasteiger partial charge in [-0.25, -0.2) is 0 Å². The van der Waals surface area contributed by atoms with E-state index < -0.39 is 0 Å². The Labute approximate surface area is 114 Å². The van der Waals surface area contributed by atoms with E-state index >= 15 is 0 Å². The molecule has 19 heavy (non-hydrogen) atoms. The van der Waals surface area contributed by atoms with E-state index in [1.165, 1.54) is 0 Å². The number of nitrogens with zero attached hydrogens (tertiary/aromatic N) is 3. The second-order valence-electron chi connectivity index (χ2n) is 4.81. The highest BCUT2D eigenvalue weighted by Crippen LogP contribution is 2.15. The van der Waals surface area contributed by atoms with Crippen LogP contribution in [0, 0.1) is 0 Å². The molecule has 0 unspecified atom stereocenters. The maximum Gasteiger partial charge on any atom is 0.323 e. The zero-order valence-corrected chi connectivity index (χ0v) is 12.3.